The summed E-state index contributed by atoms with van der Waals surface area (Å²) >= 11 is 6.42. The molecule has 2 nitrogen and oxygen atoms in total. The lowest BCUT2D eigenvalue weighted by molar-refractivity contribution is 0.339. The van der Waals surface area contributed by atoms with Gasteiger partial charge < -0.3 is 0 Å². The zero-order valence-corrected chi connectivity index (χ0v) is 12.5. The van der Waals surface area contributed by atoms with Gasteiger partial charge in [-0.15, -0.1) is 0 Å². The van der Waals surface area contributed by atoms with Crippen molar-refractivity contribution in [3.05, 3.63) is 22.2 Å². The van der Waals surface area contributed by atoms with Crippen molar-refractivity contribution in [3.63, 3.8) is 0 Å². The highest BCUT2D eigenvalue weighted by Gasteiger charge is 2.24. The summed E-state index contributed by atoms with van der Waals surface area (Å²) in [6.07, 6.45) is 11.0. The summed E-state index contributed by atoms with van der Waals surface area (Å²) in [6.45, 7) is 2.35. The molecule has 1 saturated carbocycles. The molecule has 0 aromatic carbocycles. The minimum absolute atomic E-state index is 0.544. The summed E-state index contributed by atoms with van der Waals surface area (Å²) < 4.78 is 0. The van der Waals surface area contributed by atoms with E-state index in [9.17, 15) is 0 Å². The van der Waals surface area contributed by atoms with E-state index in [4.69, 9.17) is 16.6 Å². The van der Waals surface area contributed by atoms with Gasteiger partial charge in [0.1, 0.15) is 11.0 Å². The molecule has 0 unspecified atom stereocenters. The van der Waals surface area contributed by atoms with E-state index in [1.807, 2.05) is 0 Å². The highest BCUT2D eigenvalue weighted by molar-refractivity contribution is 6.30. The third-order valence-electron chi connectivity index (χ3n) is 4.78. The Balaban J connectivity index is 1.86. The van der Waals surface area contributed by atoms with Crippen LogP contribution in [0.3, 0.4) is 0 Å². The highest BCUT2D eigenvalue weighted by Crippen LogP contribution is 2.35. The quantitative estimate of drug-likeness (QED) is 0.550. The molecule has 2 aliphatic carbocycles. The molecule has 1 aromatic heterocycles. The number of rotatable bonds is 1. The van der Waals surface area contributed by atoms with E-state index in [1.54, 1.807) is 0 Å². The molecule has 2 aliphatic rings. The van der Waals surface area contributed by atoms with Crippen molar-refractivity contribution in [2.24, 2.45) is 5.92 Å². The lowest BCUT2D eigenvalue weighted by Gasteiger charge is -2.25. The molecule has 0 bridgehead atoms. The first kappa shape index (κ1) is 13.4. The Labute approximate surface area is 121 Å². The zero-order valence-electron chi connectivity index (χ0n) is 11.8. The number of hydrogen-bond donors (Lipinski definition) is 0. The highest BCUT2D eigenvalue weighted by atomic mass is 35.5. The molecule has 0 spiro atoms. The molecule has 104 valence electrons. The molecule has 0 saturated heterocycles. The fraction of sp³-hybridized carbons (Fsp3) is 0.750. The molecule has 19 heavy (non-hydrogen) atoms. The van der Waals surface area contributed by atoms with Gasteiger partial charge in [-0.1, -0.05) is 37.8 Å². The van der Waals surface area contributed by atoms with Crippen LogP contribution in [0, 0.1) is 5.92 Å². The third kappa shape index (κ3) is 2.94. The predicted molar refractivity (Wildman–Crippen MR) is 78.7 cm³/mol. The fourth-order valence-electron chi connectivity index (χ4n) is 3.44. The van der Waals surface area contributed by atoms with Gasteiger partial charge in [-0.25, -0.2) is 9.97 Å². The van der Waals surface area contributed by atoms with Crippen LogP contribution in [0.4, 0.5) is 0 Å². The molecule has 1 aromatic rings. The minimum atomic E-state index is 0.544. The van der Waals surface area contributed by atoms with Crippen LogP contribution >= 0.6 is 11.6 Å². The molecule has 3 heteroatoms. The Morgan fingerprint density at radius 3 is 2.47 bits per heavy atom. The summed E-state index contributed by atoms with van der Waals surface area (Å²) in [6, 6.07) is 0. The molecule has 0 N–H and O–H groups in total. The van der Waals surface area contributed by atoms with Crippen molar-refractivity contribution in [2.45, 2.75) is 70.6 Å². The third-order valence-corrected chi connectivity index (χ3v) is 5.09. The first-order valence-electron chi connectivity index (χ1n) is 7.79. The van der Waals surface area contributed by atoms with Crippen LogP contribution in [-0.4, -0.2) is 9.97 Å². The van der Waals surface area contributed by atoms with Crippen LogP contribution in [-0.2, 0) is 12.8 Å². The number of fused-ring (bicyclic) bond motifs is 1. The second-order valence-corrected chi connectivity index (χ2v) is 6.67. The molecule has 0 atom stereocenters. The number of aryl methyl sites for hydroxylation is 1. The van der Waals surface area contributed by atoms with Gasteiger partial charge in [-0.05, 0) is 44.4 Å². The number of hydrogen-bond acceptors (Lipinski definition) is 2. The van der Waals surface area contributed by atoms with E-state index in [0.717, 1.165) is 29.7 Å². The van der Waals surface area contributed by atoms with Gasteiger partial charge in [0.2, 0.25) is 0 Å². The average Bonchev–Trinajstić information content (AvgIpc) is 2.65. The van der Waals surface area contributed by atoms with E-state index < -0.39 is 0 Å². The second kappa shape index (κ2) is 5.78. The lowest BCUT2D eigenvalue weighted by atomic mass is 9.82. The Bertz CT molecular complexity index is 450. The molecular weight excluding hydrogens is 256 g/mol. The number of nitrogens with zero attached hydrogens (tertiary/aromatic N) is 2. The van der Waals surface area contributed by atoms with Crippen molar-refractivity contribution < 1.29 is 0 Å². The average molecular weight is 279 g/mol. The molecular formula is C16H23ClN2. The summed E-state index contributed by atoms with van der Waals surface area (Å²) in [5.41, 5.74) is 2.47. The molecule has 0 amide bonds. The molecule has 1 heterocycles. The van der Waals surface area contributed by atoms with Crippen LogP contribution < -0.4 is 0 Å². The van der Waals surface area contributed by atoms with Gasteiger partial charge in [0.15, 0.2) is 0 Å². The standard InChI is InChI=1S/C16H23ClN2/c1-11-7-9-12(10-8-11)16-18-14-6-4-2-3-5-13(14)15(17)19-16/h11-12H,2-10H2,1H3. The van der Waals surface area contributed by atoms with Crippen LogP contribution in [0.5, 0.6) is 0 Å². The SMILES string of the molecule is CC1CCC(c2nc(Cl)c3c(n2)CCCCC3)CC1. The van der Waals surface area contributed by atoms with E-state index in [1.165, 1.54) is 56.2 Å². The monoisotopic (exact) mass is 278 g/mol. The summed E-state index contributed by atoms with van der Waals surface area (Å²) in [4.78, 5) is 9.52. The van der Waals surface area contributed by atoms with E-state index in [2.05, 4.69) is 11.9 Å². The molecule has 3 rings (SSSR count). The first-order chi connectivity index (χ1) is 9.24. The summed E-state index contributed by atoms with van der Waals surface area (Å²) in [5.74, 6) is 2.44. The maximum absolute atomic E-state index is 6.42. The maximum Gasteiger partial charge on any atom is 0.136 e. The van der Waals surface area contributed by atoms with E-state index in [-0.39, 0.29) is 0 Å². The van der Waals surface area contributed by atoms with Gasteiger partial charge in [-0.2, -0.15) is 0 Å². The van der Waals surface area contributed by atoms with Crippen LogP contribution in [0.1, 0.15) is 74.9 Å². The largest absolute Gasteiger partial charge is 0.237 e. The van der Waals surface area contributed by atoms with Crippen molar-refractivity contribution in [2.75, 3.05) is 0 Å². The van der Waals surface area contributed by atoms with Gasteiger partial charge in [-0.3, -0.25) is 0 Å². The molecule has 1 fully saturated rings. The Morgan fingerprint density at radius 2 is 1.68 bits per heavy atom. The Kier molecular flexibility index (Phi) is 4.07. The zero-order chi connectivity index (χ0) is 13.2. The molecule has 0 aliphatic heterocycles. The van der Waals surface area contributed by atoms with Crippen LogP contribution in [0.2, 0.25) is 5.15 Å². The van der Waals surface area contributed by atoms with Gasteiger partial charge in [0.05, 0.1) is 0 Å². The normalized spacial score (nSPS) is 27.7. The van der Waals surface area contributed by atoms with Crippen molar-refractivity contribution in [1.82, 2.24) is 9.97 Å². The Morgan fingerprint density at radius 1 is 0.947 bits per heavy atom. The predicted octanol–water partition coefficient (Wildman–Crippen LogP) is 4.69. The van der Waals surface area contributed by atoms with Crippen molar-refractivity contribution in [1.29, 1.82) is 0 Å². The second-order valence-electron chi connectivity index (χ2n) is 6.32. The van der Waals surface area contributed by atoms with E-state index in [0.29, 0.717) is 5.92 Å². The van der Waals surface area contributed by atoms with E-state index >= 15 is 0 Å². The first-order valence-corrected chi connectivity index (χ1v) is 8.17. The summed E-state index contributed by atoms with van der Waals surface area (Å²) in [5, 5.41) is 0.737. The summed E-state index contributed by atoms with van der Waals surface area (Å²) in [7, 11) is 0. The van der Waals surface area contributed by atoms with Gasteiger partial charge in [0, 0.05) is 17.2 Å². The maximum atomic E-state index is 6.42. The Hall–Kier alpha value is -0.630. The lowest BCUT2D eigenvalue weighted by Crippen LogP contribution is -2.15. The number of aromatic nitrogens is 2. The molecule has 0 radical (unpaired) electrons. The van der Waals surface area contributed by atoms with Crippen molar-refractivity contribution in [3.8, 4) is 0 Å². The minimum Gasteiger partial charge on any atom is -0.237 e. The van der Waals surface area contributed by atoms with Gasteiger partial charge in [0.25, 0.3) is 0 Å². The number of halogens is 1. The fourth-order valence-corrected chi connectivity index (χ4v) is 3.73. The smallest absolute Gasteiger partial charge is 0.136 e. The van der Waals surface area contributed by atoms with Crippen molar-refractivity contribution >= 4 is 11.6 Å². The van der Waals surface area contributed by atoms with Crippen LogP contribution in [0.15, 0.2) is 0 Å². The van der Waals surface area contributed by atoms with Crippen LogP contribution in [0.25, 0.3) is 0 Å². The topological polar surface area (TPSA) is 25.8 Å². The van der Waals surface area contributed by atoms with Gasteiger partial charge >= 0.3 is 0 Å².